The predicted molar refractivity (Wildman–Crippen MR) is 63.0 cm³/mol. The van der Waals surface area contributed by atoms with E-state index in [9.17, 15) is 0 Å². The Kier molecular flexibility index (Phi) is 5.35. The van der Waals surface area contributed by atoms with Gasteiger partial charge < -0.3 is 10.1 Å². The van der Waals surface area contributed by atoms with Crippen molar-refractivity contribution in [3.05, 3.63) is 29.8 Å². The van der Waals surface area contributed by atoms with Gasteiger partial charge in [0.05, 0.1) is 13.2 Å². The van der Waals surface area contributed by atoms with E-state index in [1.807, 2.05) is 31.3 Å². The molecule has 0 saturated heterocycles. The SMILES string of the molecule is CCCOc1ccc(C#CCNC)cc1. The molecule has 0 unspecified atom stereocenters. The van der Waals surface area contributed by atoms with Crippen molar-refractivity contribution < 1.29 is 4.74 Å². The zero-order valence-corrected chi connectivity index (χ0v) is 9.34. The first-order chi connectivity index (χ1) is 7.36. The van der Waals surface area contributed by atoms with Crippen LogP contribution in [0.5, 0.6) is 5.75 Å². The van der Waals surface area contributed by atoms with Gasteiger partial charge in [-0.2, -0.15) is 0 Å². The number of nitrogens with one attached hydrogen (secondary N) is 1. The van der Waals surface area contributed by atoms with Crippen LogP contribution in [-0.2, 0) is 0 Å². The first-order valence-electron chi connectivity index (χ1n) is 5.23. The van der Waals surface area contributed by atoms with Crippen molar-refractivity contribution in [3.8, 4) is 17.6 Å². The van der Waals surface area contributed by atoms with Gasteiger partial charge in [0.1, 0.15) is 5.75 Å². The lowest BCUT2D eigenvalue weighted by atomic mass is 10.2. The summed E-state index contributed by atoms with van der Waals surface area (Å²) in [6, 6.07) is 7.87. The Morgan fingerprint density at radius 2 is 2.00 bits per heavy atom. The number of benzene rings is 1. The normalized spacial score (nSPS) is 9.20. The van der Waals surface area contributed by atoms with E-state index in [0.717, 1.165) is 24.3 Å². The van der Waals surface area contributed by atoms with E-state index in [1.165, 1.54) is 0 Å². The quantitative estimate of drug-likeness (QED) is 0.756. The number of hydrogen-bond donors (Lipinski definition) is 1. The molecule has 1 aromatic rings. The van der Waals surface area contributed by atoms with Gasteiger partial charge in [-0.3, -0.25) is 0 Å². The van der Waals surface area contributed by atoms with Gasteiger partial charge in [-0.15, -0.1) is 0 Å². The average molecular weight is 203 g/mol. The third-order valence-corrected chi connectivity index (χ3v) is 1.83. The lowest BCUT2D eigenvalue weighted by molar-refractivity contribution is 0.317. The lowest BCUT2D eigenvalue weighted by Crippen LogP contribution is -2.04. The second kappa shape index (κ2) is 6.92. The van der Waals surface area contributed by atoms with Crippen LogP contribution in [0.3, 0.4) is 0 Å². The fraction of sp³-hybridized carbons (Fsp3) is 0.385. The van der Waals surface area contributed by atoms with E-state index in [-0.39, 0.29) is 0 Å². The molecule has 0 spiro atoms. The first kappa shape index (κ1) is 11.6. The van der Waals surface area contributed by atoms with Crippen LogP contribution in [0.1, 0.15) is 18.9 Å². The van der Waals surface area contributed by atoms with Crippen molar-refractivity contribution in [2.45, 2.75) is 13.3 Å². The van der Waals surface area contributed by atoms with Crippen molar-refractivity contribution >= 4 is 0 Å². The minimum atomic E-state index is 0.716. The highest BCUT2D eigenvalue weighted by Crippen LogP contribution is 2.11. The zero-order valence-electron chi connectivity index (χ0n) is 9.34. The molecule has 0 aliphatic heterocycles. The molecule has 2 heteroatoms. The lowest BCUT2D eigenvalue weighted by Gasteiger charge is -2.03. The van der Waals surface area contributed by atoms with Crippen LogP contribution in [-0.4, -0.2) is 20.2 Å². The standard InChI is InChI=1S/C13H17NO/c1-3-11-15-13-8-6-12(7-9-13)5-4-10-14-2/h6-9,14H,3,10-11H2,1-2H3. The van der Waals surface area contributed by atoms with Crippen LogP contribution in [0.2, 0.25) is 0 Å². The Hall–Kier alpha value is -1.46. The molecule has 1 N–H and O–H groups in total. The summed E-state index contributed by atoms with van der Waals surface area (Å²) in [4.78, 5) is 0. The fourth-order valence-electron chi connectivity index (χ4n) is 1.09. The Balaban J connectivity index is 2.53. The molecule has 0 amide bonds. The molecule has 2 nitrogen and oxygen atoms in total. The summed E-state index contributed by atoms with van der Waals surface area (Å²) in [5, 5.41) is 2.98. The molecular weight excluding hydrogens is 186 g/mol. The Bertz CT molecular complexity index is 332. The Labute approximate surface area is 91.6 Å². The fourth-order valence-corrected chi connectivity index (χ4v) is 1.09. The maximum Gasteiger partial charge on any atom is 0.119 e. The van der Waals surface area contributed by atoms with Crippen LogP contribution in [0, 0.1) is 11.8 Å². The van der Waals surface area contributed by atoms with Gasteiger partial charge in [0, 0.05) is 5.56 Å². The van der Waals surface area contributed by atoms with Crippen LogP contribution in [0.4, 0.5) is 0 Å². The van der Waals surface area contributed by atoms with Crippen molar-refractivity contribution in [2.75, 3.05) is 20.2 Å². The first-order valence-corrected chi connectivity index (χ1v) is 5.23. The topological polar surface area (TPSA) is 21.3 Å². The Morgan fingerprint density at radius 3 is 2.60 bits per heavy atom. The van der Waals surface area contributed by atoms with Gasteiger partial charge in [0.15, 0.2) is 0 Å². The van der Waals surface area contributed by atoms with Crippen molar-refractivity contribution in [3.63, 3.8) is 0 Å². The van der Waals surface area contributed by atoms with Crippen molar-refractivity contribution in [2.24, 2.45) is 0 Å². The number of hydrogen-bond acceptors (Lipinski definition) is 2. The molecule has 0 aliphatic carbocycles. The summed E-state index contributed by atoms with van der Waals surface area (Å²) in [7, 11) is 1.89. The predicted octanol–water partition coefficient (Wildman–Crippen LogP) is 2.05. The minimum Gasteiger partial charge on any atom is -0.494 e. The molecule has 0 bridgehead atoms. The third kappa shape index (κ3) is 4.53. The maximum atomic E-state index is 5.48. The summed E-state index contributed by atoms with van der Waals surface area (Å²) in [6.45, 7) is 3.58. The van der Waals surface area contributed by atoms with Crippen molar-refractivity contribution in [1.29, 1.82) is 0 Å². The smallest absolute Gasteiger partial charge is 0.119 e. The summed E-state index contributed by atoms with van der Waals surface area (Å²) in [5.74, 6) is 6.99. The number of ether oxygens (including phenoxy) is 1. The van der Waals surface area contributed by atoms with E-state index >= 15 is 0 Å². The van der Waals surface area contributed by atoms with E-state index in [0.29, 0.717) is 6.54 Å². The van der Waals surface area contributed by atoms with E-state index in [2.05, 4.69) is 24.1 Å². The largest absolute Gasteiger partial charge is 0.494 e. The van der Waals surface area contributed by atoms with E-state index in [1.54, 1.807) is 0 Å². The summed E-state index contributed by atoms with van der Waals surface area (Å²) in [5.41, 5.74) is 1.02. The van der Waals surface area contributed by atoms with Gasteiger partial charge in [-0.1, -0.05) is 18.8 Å². The van der Waals surface area contributed by atoms with E-state index < -0.39 is 0 Å². The highest BCUT2D eigenvalue weighted by Gasteiger charge is 1.91. The second-order valence-corrected chi connectivity index (χ2v) is 3.20. The highest BCUT2D eigenvalue weighted by molar-refractivity contribution is 5.38. The molecule has 0 heterocycles. The summed E-state index contributed by atoms with van der Waals surface area (Å²) < 4.78 is 5.48. The zero-order chi connectivity index (χ0) is 10.9. The molecule has 0 saturated carbocycles. The van der Waals surface area contributed by atoms with Crippen molar-refractivity contribution in [1.82, 2.24) is 5.32 Å². The van der Waals surface area contributed by atoms with Gasteiger partial charge in [0.2, 0.25) is 0 Å². The summed E-state index contributed by atoms with van der Waals surface area (Å²) in [6.07, 6.45) is 1.03. The highest BCUT2D eigenvalue weighted by atomic mass is 16.5. The molecule has 0 fully saturated rings. The molecule has 0 aromatic heterocycles. The van der Waals surface area contributed by atoms with Gasteiger partial charge in [-0.05, 0) is 37.7 Å². The molecule has 15 heavy (non-hydrogen) atoms. The molecule has 0 aliphatic rings. The van der Waals surface area contributed by atoms with Crippen LogP contribution < -0.4 is 10.1 Å². The monoisotopic (exact) mass is 203 g/mol. The molecule has 0 atom stereocenters. The van der Waals surface area contributed by atoms with E-state index in [4.69, 9.17) is 4.74 Å². The Morgan fingerprint density at radius 1 is 1.27 bits per heavy atom. The van der Waals surface area contributed by atoms with Crippen LogP contribution in [0.25, 0.3) is 0 Å². The summed E-state index contributed by atoms with van der Waals surface area (Å²) >= 11 is 0. The van der Waals surface area contributed by atoms with Gasteiger partial charge >= 0.3 is 0 Å². The van der Waals surface area contributed by atoms with Crippen LogP contribution in [0.15, 0.2) is 24.3 Å². The molecule has 1 rings (SSSR count). The molecule has 1 aromatic carbocycles. The molecular formula is C13H17NO. The second-order valence-electron chi connectivity index (χ2n) is 3.20. The number of rotatable bonds is 4. The molecule has 80 valence electrons. The van der Waals surface area contributed by atoms with Crippen LogP contribution >= 0.6 is 0 Å². The minimum absolute atomic E-state index is 0.716. The van der Waals surface area contributed by atoms with Gasteiger partial charge in [-0.25, -0.2) is 0 Å². The molecule has 0 radical (unpaired) electrons. The maximum absolute atomic E-state index is 5.48. The van der Waals surface area contributed by atoms with Gasteiger partial charge in [0.25, 0.3) is 0 Å². The third-order valence-electron chi connectivity index (χ3n) is 1.83. The average Bonchev–Trinajstić information content (AvgIpc) is 2.28.